The minimum absolute atomic E-state index is 0. The second kappa shape index (κ2) is 14.2. The molecule has 7 nitrogen and oxygen atoms in total. The van der Waals surface area contributed by atoms with Crippen molar-refractivity contribution in [2.45, 2.75) is 64.2 Å². The van der Waals surface area contributed by atoms with Crippen LogP contribution in [0.25, 0.3) is 0 Å². The van der Waals surface area contributed by atoms with Crippen LogP contribution in [0.1, 0.15) is 51.5 Å². The zero-order valence-electron chi connectivity index (χ0n) is 19.6. The van der Waals surface area contributed by atoms with Gasteiger partial charge in [0.25, 0.3) is 0 Å². The molecule has 1 saturated heterocycles. The lowest BCUT2D eigenvalue weighted by atomic mass is 9.98. The van der Waals surface area contributed by atoms with E-state index in [1.807, 2.05) is 26.0 Å². The number of benzene rings is 1. The summed E-state index contributed by atoms with van der Waals surface area (Å²) in [7, 11) is 0. The van der Waals surface area contributed by atoms with E-state index in [1.54, 1.807) is 0 Å². The topological polar surface area (TPSA) is 78.4 Å². The Balaban J connectivity index is 0.00000363. The van der Waals surface area contributed by atoms with Crippen LogP contribution in [0.2, 0.25) is 0 Å². The van der Waals surface area contributed by atoms with Crippen molar-refractivity contribution in [1.29, 1.82) is 0 Å². The van der Waals surface area contributed by atoms with Crippen LogP contribution in [0.3, 0.4) is 0 Å². The van der Waals surface area contributed by atoms with Gasteiger partial charge in [0.05, 0.1) is 31.5 Å². The van der Waals surface area contributed by atoms with Crippen molar-refractivity contribution in [3.05, 3.63) is 29.8 Å². The first-order valence-corrected chi connectivity index (χ1v) is 11.8. The first-order valence-electron chi connectivity index (χ1n) is 11.8. The van der Waals surface area contributed by atoms with Crippen LogP contribution < -0.4 is 15.4 Å². The molecule has 1 aromatic carbocycles. The molecule has 2 aliphatic rings. The van der Waals surface area contributed by atoms with E-state index in [9.17, 15) is 5.11 Å². The number of guanidine groups is 1. The van der Waals surface area contributed by atoms with Gasteiger partial charge < -0.3 is 25.2 Å². The number of nitrogens with zero attached hydrogens (tertiary/aromatic N) is 2. The van der Waals surface area contributed by atoms with Crippen LogP contribution in [-0.4, -0.2) is 73.6 Å². The summed E-state index contributed by atoms with van der Waals surface area (Å²) in [5.74, 6) is 1.66. The normalized spacial score (nSPS) is 20.2. The summed E-state index contributed by atoms with van der Waals surface area (Å²) in [6.45, 7) is 9.50. The number of aliphatic imine (C=N–C) groups is 1. The van der Waals surface area contributed by atoms with Gasteiger partial charge in [0, 0.05) is 32.7 Å². The quantitative estimate of drug-likeness (QED) is 0.245. The number of ether oxygens (including phenoxy) is 2. The number of morpholine rings is 1. The Morgan fingerprint density at radius 2 is 1.84 bits per heavy atom. The molecule has 1 atom stereocenters. The van der Waals surface area contributed by atoms with E-state index >= 15 is 0 Å². The van der Waals surface area contributed by atoms with Gasteiger partial charge in [-0.25, -0.2) is 4.99 Å². The predicted octanol–water partition coefficient (Wildman–Crippen LogP) is 3.15. The number of β-amino-alcohol motifs (C(OH)–C–C–N with tert-alkyl or cyclic N) is 1. The minimum atomic E-state index is -0.842. The number of rotatable bonds is 9. The largest absolute Gasteiger partial charge is 0.490 e. The number of hydrogen-bond donors (Lipinski definition) is 3. The summed E-state index contributed by atoms with van der Waals surface area (Å²) in [4.78, 5) is 6.93. The van der Waals surface area contributed by atoms with E-state index in [0.29, 0.717) is 31.7 Å². The van der Waals surface area contributed by atoms with Crippen LogP contribution in [0.4, 0.5) is 0 Å². The molecule has 1 unspecified atom stereocenters. The summed E-state index contributed by atoms with van der Waals surface area (Å²) >= 11 is 0. The molecule has 32 heavy (non-hydrogen) atoms. The highest BCUT2D eigenvalue weighted by molar-refractivity contribution is 14.0. The van der Waals surface area contributed by atoms with Crippen molar-refractivity contribution in [2.24, 2.45) is 4.99 Å². The number of nitrogens with one attached hydrogen (secondary N) is 2. The molecular weight excluding hydrogens is 519 g/mol. The van der Waals surface area contributed by atoms with Crippen LogP contribution >= 0.6 is 24.0 Å². The van der Waals surface area contributed by atoms with Gasteiger partial charge in [-0.05, 0) is 57.2 Å². The van der Waals surface area contributed by atoms with E-state index < -0.39 is 5.60 Å². The molecule has 3 N–H and O–H groups in total. The molecule has 0 aromatic heterocycles. The van der Waals surface area contributed by atoms with Crippen LogP contribution in [0.5, 0.6) is 5.75 Å². The highest BCUT2D eigenvalue weighted by Gasteiger charge is 2.25. The van der Waals surface area contributed by atoms with Gasteiger partial charge in [0.2, 0.25) is 0 Å². The van der Waals surface area contributed by atoms with E-state index in [0.717, 1.165) is 44.2 Å². The fourth-order valence-electron chi connectivity index (χ4n) is 4.13. The molecule has 182 valence electrons. The van der Waals surface area contributed by atoms with Gasteiger partial charge in [-0.3, -0.25) is 4.90 Å². The fourth-order valence-corrected chi connectivity index (χ4v) is 4.13. The maximum atomic E-state index is 10.8. The highest BCUT2D eigenvalue weighted by atomic mass is 127. The lowest BCUT2D eigenvalue weighted by Crippen LogP contribution is -2.52. The van der Waals surface area contributed by atoms with Gasteiger partial charge in [0.1, 0.15) is 5.75 Å². The first kappa shape index (κ1) is 27.1. The third-order valence-corrected chi connectivity index (χ3v) is 5.85. The molecule has 8 heteroatoms. The Labute approximate surface area is 210 Å². The van der Waals surface area contributed by atoms with Crippen LogP contribution in [-0.2, 0) is 11.3 Å². The Kier molecular flexibility index (Phi) is 12.1. The van der Waals surface area contributed by atoms with E-state index in [4.69, 9.17) is 9.47 Å². The zero-order valence-corrected chi connectivity index (χ0v) is 22.0. The molecule has 0 bridgehead atoms. The van der Waals surface area contributed by atoms with E-state index in [2.05, 4.69) is 32.7 Å². The molecular formula is C24H41IN4O3. The van der Waals surface area contributed by atoms with Crippen LogP contribution in [0.15, 0.2) is 29.3 Å². The number of hydrogen-bond acceptors (Lipinski definition) is 5. The standard InChI is InChI=1S/C24H40N4O3.HI/c1-3-25-23(27-18-24(2,29)19-28-13-15-30-16-14-28)26-17-20-9-11-22(12-10-20)31-21-7-5-4-6-8-21;/h9-12,21,29H,3-8,13-19H2,1-2H3,(H2,25,26,27);1H. The minimum Gasteiger partial charge on any atom is -0.490 e. The smallest absolute Gasteiger partial charge is 0.191 e. The molecule has 0 radical (unpaired) electrons. The van der Waals surface area contributed by atoms with Gasteiger partial charge >= 0.3 is 0 Å². The van der Waals surface area contributed by atoms with Crippen molar-refractivity contribution in [1.82, 2.24) is 15.5 Å². The molecule has 1 heterocycles. The first-order chi connectivity index (χ1) is 15.0. The lowest BCUT2D eigenvalue weighted by Gasteiger charge is -2.34. The maximum absolute atomic E-state index is 10.8. The highest BCUT2D eigenvalue weighted by Crippen LogP contribution is 2.23. The van der Waals surface area contributed by atoms with E-state index in [1.165, 1.54) is 32.1 Å². The summed E-state index contributed by atoms with van der Waals surface area (Å²) in [6.07, 6.45) is 6.58. The van der Waals surface area contributed by atoms with Crippen molar-refractivity contribution in [3.8, 4) is 5.75 Å². The molecule has 2 fully saturated rings. The van der Waals surface area contributed by atoms with Crippen molar-refractivity contribution in [2.75, 3.05) is 45.9 Å². The average molecular weight is 561 g/mol. The summed E-state index contributed by atoms with van der Waals surface area (Å²) in [6, 6.07) is 8.26. The number of halogens is 1. The fraction of sp³-hybridized carbons (Fsp3) is 0.708. The molecule has 1 aliphatic carbocycles. The second-order valence-corrected chi connectivity index (χ2v) is 8.96. The maximum Gasteiger partial charge on any atom is 0.191 e. The van der Waals surface area contributed by atoms with E-state index in [-0.39, 0.29) is 24.0 Å². The summed E-state index contributed by atoms with van der Waals surface area (Å²) in [5.41, 5.74) is 0.291. The number of aliphatic hydroxyl groups is 1. The Bertz CT molecular complexity index is 672. The Morgan fingerprint density at radius 3 is 2.50 bits per heavy atom. The Hall–Kier alpha value is -1.10. The SMILES string of the molecule is CCNC(=NCc1ccc(OC2CCCCC2)cc1)NCC(C)(O)CN1CCOCC1.I. The zero-order chi connectivity index (χ0) is 21.9. The lowest BCUT2D eigenvalue weighted by molar-refractivity contribution is -0.0201. The van der Waals surface area contributed by atoms with Gasteiger partial charge in [-0.15, -0.1) is 24.0 Å². The predicted molar refractivity (Wildman–Crippen MR) is 140 cm³/mol. The van der Waals surface area contributed by atoms with Gasteiger partial charge in [-0.1, -0.05) is 18.6 Å². The third kappa shape index (κ3) is 9.80. The van der Waals surface area contributed by atoms with Crippen molar-refractivity contribution in [3.63, 3.8) is 0 Å². The molecule has 1 saturated carbocycles. The molecule has 1 aromatic rings. The molecule has 3 rings (SSSR count). The van der Waals surface area contributed by atoms with Gasteiger partial charge in [-0.2, -0.15) is 0 Å². The van der Waals surface area contributed by atoms with Gasteiger partial charge in [0.15, 0.2) is 5.96 Å². The average Bonchev–Trinajstić information content (AvgIpc) is 2.78. The van der Waals surface area contributed by atoms with Crippen molar-refractivity contribution < 1.29 is 14.6 Å². The summed E-state index contributed by atoms with van der Waals surface area (Å²) < 4.78 is 11.5. The summed E-state index contributed by atoms with van der Waals surface area (Å²) in [5, 5.41) is 17.3. The molecule has 1 aliphatic heterocycles. The monoisotopic (exact) mass is 560 g/mol. The molecule has 0 amide bonds. The van der Waals surface area contributed by atoms with Crippen molar-refractivity contribution >= 4 is 29.9 Å². The Morgan fingerprint density at radius 1 is 1.16 bits per heavy atom. The molecule has 0 spiro atoms. The van der Waals surface area contributed by atoms with Crippen LogP contribution in [0, 0.1) is 0 Å². The second-order valence-electron chi connectivity index (χ2n) is 8.96. The third-order valence-electron chi connectivity index (χ3n) is 5.85.